The Labute approximate surface area is 203 Å². The minimum Gasteiger partial charge on any atom is -0.508 e. The van der Waals surface area contributed by atoms with Gasteiger partial charge in [-0.15, -0.1) is 0 Å². The zero-order valence-electron chi connectivity index (χ0n) is 18.9. The summed E-state index contributed by atoms with van der Waals surface area (Å²) in [6, 6.07) is 27.7. The Morgan fingerprint density at radius 1 is 0.629 bits per heavy atom. The summed E-state index contributed by atoms with van der Waals surface area (Å²) in [6.45, 7) is 0.599. The Balaban J connectivity index is 1.54. The Bertz CT molecular complexity index is 1320. The zero-order chi connectivity index (χ0) is 24.6. The van der Waals surface area contributed by atoms with Crippen molar-refractivity contribution in [1.29, 1.82) is 0 Å². The smallest absolute Gasteiger partial charge is 0.174 e. The molecule has 6 nitrogen and oxygen atoms in total. The number of carbonyl (C=O) groups is 2. The first-order valence-corrected chi connectivity index (χ1v) is 11.1. The first-order valence-electron chi connectivity index (χ1n) is 11.1. The first kappa shape index (κ1) is 23.6. The monoisotopic (exact) mass is 468 g/mol. The topological polar surface area (TPSA) is 93.1 Å². The number of hydrogen-bond acceptors (Lipinski definition) is 6. The molecule has 0 aliphatic heterocycles. The van der Waals surface area contributed by atoms with E-state index in [9.17, 15) is 19.8 Å². The third-order valence-electron chi connectivity index (χ3n) is 5.34. The van der Waals surface area contributed by atoms with E-state index in [1.165, 1.54) is 12.1 Å². The van der Waals surface area contributed by atoms with Crippen LogP contribution in [0.2, 0.25) is 0 Å². The summed E-state index contributed by atoms with van der Waals surface area (Å²) in [7, 11) is 0. The molecule has 0 amide bonds. The van der Waals surface area contributed by atoms with Crippen molar-refractivity contribution in [3.8, 4) is 23.0 Å². The van der Waals surface area contributed by atoms with Gasteiger partial charge >= 0.3 is 0 Å². The van der Waals surface area contributed by atoms with Gasteiger partial charge in [-0.05, 0) is 47.5 Å². The molecular formula is C29H24O6. The van der Waals surface area contributed by atoms with E-state index in [2.05, 4.69) is 0 Å². The fraction of sp³-hybridized carbons (Fsp3) is 0.103. The average Bonchev–Trinajstić information content (AvgIpc) is 2.89. The van der Waals surface area contributed by atoms with E-state index < -0.39 is 18.0 Å². The van der Waals surface area contributed by atoms with Gasteiger partial charge in [0, 0.05) is 5.56 Å². The van der Waals surface area contributed by atoms with Crippen LogP contribution in [0.15, 0.2) is 97.1 Å². The summed E-state index contributed by atoms with van der Waals surface area (Å²) in [6.07, 6.45) is -0.473. The maximum absolute atomic E-state index is 12.9. The van der Waals surface area contributed by atoms with Gasteiger partial charge in [0.15, 0.2) is 23.1 Å². The molecule has 0 saturated heterocycles. The SMILES string of the molecule is O=C(CC(=O)c1cc(O)ccc1O)c1ccc(OCc2ccccc2)c(OCc2ccccc2)c1. The van der Waals surface area contributed by atoms with Crippen LogP contribution in [0, 0.1) is 0 Å². The number of phenolic OH excluding ortho intramolecular Hbond substituents is 2. The van der Waals surface area contributed by atoms with Crippen molar-refractivity contribution in [3.05, 3.63) is 119 Å². The molecule has 0 atom stereocenters. The standard InChI is InChI=1S/C29H24O6/c30-23-12-13-25(31)24(16-23)27(33)17-26(32)22-11-14-28(34-18-20-7-3-1-4-8-20)29(15-22)35-19-21-9-5-2-6-10-21/h1-16,30-31H,17-19H2. The average molecular weight is 469 g/mol. The van der Waals surface area contributed by atoms with Crippen molar-refractivity contribution >= 4 is 11.6 Å². The summed E-state index contributed by atoms with van der Waals surface area (Å²) in [5.74, 6) is -0.662. The molecule has 0 heterocycles. The maximum Gasteiger partial charge on any atom is 0.174 e. The third kappa shape index (κ3) is 6.26. The van der Waals surface area contributed by atoms with Crippen molar-refractivity contribution in [2.45, 2.75) is 19.6 Å². The highest BCUT2D eigenvalue weighted by atomic mass is 16.5. The molecule has 35 heavy (non-hydrogen) atoms. The zero-order valence-corrected chi connectivity index (χ0v) is 18.9. The molecule has 0 saturated carbocycles. The van der Waals surface area contributed by atoms with E-state index in [0.717, 1.165) is 17.2 Å². The molecule has 0 bridgehead atoms. The van der Waals surface area contributed by atoms with Crippen molar-refractivity contribution in [2.75, 3.05) is 0 Å². The van der Waals surface area contributed by atoms with Gasteiger partial charge in [0.25, 0.3) is 0 Å². The van der Waals surface area contributed by atoms with Crippen LogP contribution in [0.5, 0.6) is 23.0 Å². The number of ether oxygens (including phenoxy) is 2. The first-order chi connectivity index (χ1) is 17.0. The molecule has 4 aromatic carbocycles. The molecule has 0 unspecified atom stereocenters. The number of Topliss-reactive ketones (excluding diaryl/α,β-unsaturated/α-hetero) is 2. The second-order valence-electron chi connectivity index (χ2n) is 7.93. The number of phenols is 2. The number of rotatable bonds is 10. The van der Waals surface area contributed by atoms with E-state index in [1.54, 1.807) is 18.2 Å². The lowest BCUT2D eigenvalue weighted by atomic mass is 10.0. The number of aromatic hydroxyl groups is 2. The third-order valence-corrected chi connectivity index (χ3v) is 5.34. The second-order valence-corrected chi connectivity index (χ2v) is 7.93. The number of hydrogen-bond donors (Lipinski definition) is 2. The molecule has 2 N–H and O–H groups in total. The summed E-state index contributed by atoms with van der Waals surface area (Å²) in [5.41, 5.74) is 2.10. The molecule has 176 valence electrons. The van der Waals surface area contributed by atoms with Crippen LogP contribution in [-0.2, 0) is 13.2 Å². The predicted octanol–water partition coefficient (Wildman–Crippen LogP) is 5.71. The molecule has 0 aliphatic carbocycles. The van der Waals surface area contributed by atoms with Crippen LogP contribution >= 0.6 is 0 Å². The van der Waals surface area contributed by atoms with Crippen molar-refractivity contribution in [2.24, 2.45) is 0 Å². The quantitative estimate of drug-likeness (QED) is 0.176. The molecule has 0 radical (unpaired) electrons. The molecule has 0 aliphatic rings. The van der Waals surface area contributed by atoms with Crippen LogP contribution in [0.25, 0.3) is 0 Å². The van der Waals surface area contributed by atoms with Crippen LogP contribution < -0.4 is 9.47 Å². The predicted molar refractivity (Wildman–Crippen MR) is 131 cm³/mol. The van der Waals surface area contributed by atoms with Gasteiger partial charge in [-0.2, -0.15) is 0 Å². The molecule has 0 fully saturated rings. The highest BCUT2D eigenvalue weighted by Crippen LogP contribution is 2.31. The lowest BCUT2D eigenvalue weighted by molar-refractivity contribution is 0.0892. The van der Waals surface area contributed by atoms with Crippen LogP contribution in [0.3, 0.4) is 0 Å². The van der Waals surface area contributed by atoms with Crippen LogP contribution in [0.4, 0.5) is 0 Å². The van der Waals surface area contributed by atoms with Gasteiger partial charge in [0.1, 0.15) is 24.7 Å². The van der Waals surface area contributed by atoms with Crippen molar-refractivity contribution < 1.29 is 29.3 Å². The molecule has 0 aromatic heterocycles. The maximum atomic E-state index is 12.9. The van der Waals surface area contributed by atoms with Gasteiger partial charge in [0.2, 0.25) is 0 Å². The van der Waals surface area contributed by atoms with Crippen molar-refractivity contribution in [1.82, 2.24) is 0 Å². The Hall–Kier alpha value is -4.58. The van der Waals surface area contributed by atoms with E-state index in [4.69, 9.17) is 9.47 Å². The van der Waals surface area contributed by atoms with Gasteiger partial charge < -0.3 is 19.7 Å². The molecule has 4 aromatic rings. The van der Waals surface area contributed by atoms with Gasteiger partial charge in [-0.1, -0.05) is 60.7 Å². The highest BCUT2D eigenvalue weighted by molar-refractivity contribution is 6.14. The van der Waals surface area contributed by atoms with Gasteiger partial charge in [0.05, 0.1) is 12.0 Å². The summed E-state index contributed by atoms with van der Waals surface area (Å²) in [4.78, 5) is 25.5. The lowest BCUT2D eigenvalue weighted by Crippen LogP contribution is -2.09. The molecule has 0 spiro atoms. The van der Waals surface area contributed by atoms with E-state index in [-0.39, 0.29) is 29.2 Å². The fourth-order valence-electron chi connectivity index (χ4n) is 3.47. The van der Waals surface area contributed by atoms with Crippen LogP contribution in [0.1, 0.15) is 38.3 Å². The van der Waals surface area contributed by atoms with E-state index in [1.807, 2.05) is 60.7 Å². The second kappa shape index (κ2) is 11.0. The number of carbonyl (C=O) groups excluding carboxylic acids is 2. The molecule has 6 heteroatoms. The summed E-state index contributed by atoms with van der Waals surface area (Å²) >= 11 is 0. The van der Waals surface area contributed by atoms with Gasteiger partial charge in [-0.25, -0.2) is 0 Å². The van der Waals surface area contributed by atoms with Crippen molar-refractivity contribution in [3.63, 3.8) is 0 Å². The fourth-order valence-corrected chi connectivity index (χ4v) is 3.47. The van der Waals surface area contributed by atoms with E-state index in [0.29, 0.717) is 18.1 Å². The minimum absolute atomic E-state index is 0.110. The number of ketones is 2. The Morgan fingerprint density at radius 3 is 1.86 bits per heavy atom. The number of benzene rings is 4. The molecular weight excluding hydrogens is 444 g/mol. The van der Waals surface area contributed by atoms with Gasteiger partial charge in [-0.3, -0.25) is 9.59 Å². The minimum atomic E-state index is -0.598. The normalized spacial score (nSPS) is 10.5. The largest absolute Gasteiger partial charge is 0.508 e. The molecule has 4 rings (SSSR count). The van der Waals surface area contributed by atoms with Crippen LogP contribution in [-0.4, -0.2) is 21.8 Å². The Morgan fingerprint density at radius 2 is 1.23 bits per heavy atom. The van der Waals surface area contributed by atoms with E-state index >= 15 is 0 Å². The highest BCUT2D eigenvalue weighted by Gasteiger charge is 2.19. The Kier molecular flexibility index (Phi) is 7.43. The lowest BCUT2D eigenvalue weighted by Gasteiger charge is -2.14. The summed E-state index contributed by atoms with van der Waals surface area (Å²) < 4.78 is 12.0. The summed E-state index contributed by atoms with van der Waals surface area (Å²) in [5, 5.41) is 19.5.